The fourth-order valence-electron chi connectivity index (χ4n) is 1.09. The monoisotopic (exact) mass is 196 g/mol. The summed E-state index contributed by atoms with van der Waals surface area (Å²) in [4.78, 5) is 1.06. The summed E-state index contributed by atoms with van der Waals surface area (Å²) >= 11 is 1.57. The summed E-state index contributed by atoms with van der Waals surface area (Å²) in [5.74, 6) is 0. The molecule has 0 bridgehead atoms. The molecule has 1 heteroatoms. The Bertz CT molecular complexity index is 180. The van der Waals surface area contributed by atoms with E-state index in [-0.39, 0.29) is 0 Å². The standard InChI is InChI=1S/C12H20S/c1-5-7-8-9-10-11(3)12(4)13-6-2/h6H,2-5,7-10H2,1H3. The van der Waals surface area contributed by atoms with Crippen LogP contribution in [0, 0.1) is 0 Å². The average Bonchev–Trinajstić information content (AvgIpc) is 2.12. The molecule has 0 fully saturated rings. The van der Waals surface area contributed by atoms with Crippen LogP contribution in [0.2, 0.25) is 0 Å². The summed E-state index contributed by atoms with van der Waals surface area (Å²) in [6, 6.07) is 0. The van der Waals surface area contributed by atoms with Gasteiger partial charge in [-0.25, -0.2) is 0 Å². The van der Waals surface area contributed by atoms with Crippen molar-refractivity contribution in [1.82, 2.24) is 0 Å². The SMILES string of the molecule is C=CSC(=C)C(=C)CCCCCC. The van der Waals surface area contributed by atoms with Gasteiger partial charge < -0.3 is 0 Å². The van der Waals surface area contributed by atoms with E-state index in [4.69, 9.17) is 0 Å². The normalized spacial score (nSPS) is 9.62. The predicted molar refractivity (Wildman–Crippen MR) is 64.8 cm³/mol. The second-order valence-electron chi connectivity index (χ2n) is 3.12. The first kappa shape index (κ1) is 12.6. The van der Waals surface area contributed by atoms with Crippen molar-refractivity contribution in [3.63, 3.8) is 0 Å². The minimum atomic E-state index is 1.06. The highest BCUT2D eigenvalue weighted by Crippen LogP contribution is 2.25. The van der Waals surface area contributed by atoms with Crippen molar-refractivity contribution in [2.75, 3.05) is 0 Å². The maximum absolute atomic E-state index is 4.00. The van der Waals surface area contributed by atoms with Gasteiger partial charge in [0.25, 0.3) is 0 Å². The number of rotatable bonds is 8. The Labute approximate surface area is 86.8 Å². The van der Waals surface area contributed by atoms with Gasteiger partial charge in [-0.05, 0) is 23.8 Å². The second-order valence-corrected chi connectivity index (χ2v) is 4.18. The summed E-state index contributed by atoms with van der Waals surface area (Å²) in [6.45, 7) is 13.8. The van der Waals surface area contributed by atoms with Crippen LogP contribution in [0.4, 0.5) is 0 Å². The summed E-state index contributed by atoms with van der Waals surface area (Å²) in [7, 11) is 0. The Kier molecular flexibility index (Phi) is 7.91. The first-order valence-electron chi connectivity index (χ1n) is 4.87. The molecule has 0 heterocycles. The lowest BCUT2D eigenvalue weighted by Crippen LogP contribution is -1.83. The van der Waals surface area contributed by atoms with Crippen LogP contribution in [-0.4, -0.2) is 0 Å². The molecule has 0 amide bonds. The Morgan fingerprint density at radius 2 is 1.92 bits per heavy atom. The molecule has 0 radical (unpaired) electrons. The number of hydrogen-bond acceptors (Lipinski definition) is 1. The van der Waals surface area contributed by atoms with E-state index in [1.54, 1.807) is 17.2 Å². The van der Waals surface area contributed by atoms with E-state index in [2.05, 4.69) is 26.7 Å². The molecule has 0 rings (SSSR count). The smallest absolute Gasteiger partial charge is 0.00698 e. The highest BCUT2D eigenvalue weighted by atomic mass is 32.2. The molecule has 0 aromatic carbocycles. The van der Waals surface area contributed by atoms with Gasteiger partial charge in [0.2, 0.25) is 0 Å². The maximum atomic E-state index is 4.00. The molecule has 0 aromatic rings. The summed E-state index contributed by atoms with van der Waals surface area (Å²) in [5, 5.41) is 1.81. The third-order valence-corrected chi connectivity index (χ3v) is 2.69. The third kappa shape index (κ3) is 6.71. The number of hydrogen-bond donors (Lipinski definition) is 0. The van der Waals surface area contributed by atoms with E-state index in [1.807, 2.05) is 0 Å². The first-order valence-corrected chi connectivity index (χ1v) is 5.75. The Morgan fingerprint density at radius 1 is 1.23 bits per heavy atom. The van der Waals surface area contributed by atoms with E-state index < -0.39 is 0 Å². The van der Waals surface area contributed by atoms with Gasteiger partial charge in [-0.3, -0.25) is 0 Å². The van der Waals surface area contributed by atoms with E-state index >= 15 is 0 Å². The van der Waals surface area contributed by atoms with Crippen molar-refractivity contribution < 1.29 is 0 Å². The van der Waals surface area contributed by atoms with Crippen molar-refractivity contribution in [2.45, 2.75) is 39.0 Å². The Morgan fingerprint density at radius 3 is 2.46 bits per heavy atom. The van der Waals surface area contributed by atoms with Crippen LogP contribution in [0.25, 0.3) is 0 Å². The molecule has 0 aliphatic rings. The minimum Gasteiger partial charge on any atom is -0.0991 e. The lowest BCUT2D eigenvalue weighted by Gasteiger charge is -2.05. The van der Waals surface area contributed by atoms with E-state index in [1.165, 1.54) is 31.3 Å². The van der Waals surface area contributed by atoms with Crippen LogP contribution >= 0.6 is 11.8 Å². The molecule has 0 spiro atoms. The third-order valence-electron chi connectivity index (χ3n) is 1.95. The van der Waals surface area contributed by atoms with Crippen LogP contribution < -0.4 is 0 Å². The van der Waals surface area contributed by atoms with Gasteiger partial charge >= 0.3 is 0 Å². The van der Waals surface area contributed by atoms with Crippen LogP contribution in [0.1, 0.15) is 39.0 Å². The molecule has 0 N–H and O–H groups in total. The van der Waals surface area contributed by atoms with Gasteiger partial charge in [0, 0.05) is 4.91 Å². The summed E-state index contributed by atoms with van der Waals surface area (Å²) in [5.41, 5.74) is 1.17. The zero-order chi connectivity index (χ0) is 10.1. The molecule has 13 heavy (non-hydrogen) atoms. The van der Waals surface area contributed by atoms with Crippen molar-refractivity contribution in [3.05, 3.63) is 35.6 Å². The van der Waals surface area contributed by atoms with Gasteiger partial charge in [0.05, 0.1) is 0 Å². The lowest BCUT2D eigenvalue weighted by molar-refractivity contribution is 0.668. The quantitative estimate of drug-likeness (QED) is 0.393. The van der Waals surface area contributed by atoms with Crippen LogP contribution in [0.5, 0.6) is 0 Å². The summed E-state index contributed by atoms with van der Waals surface area (Å²) < 4.78 is 0. The highest BCUT2D eigenvalue weighted by Gasteiger charge is 1.98. The van der Waals surface area contributed by atoms with Crippen LogP contribution in [-0.2, 0) is 0 Å². The molecule has 0 saturated heterocycles. The van der Waals surface area contributed by atoms with Crippen LogP contribution in [0.3, 0.4) is 0 Å². The summed E-state index contributed by atoms with van der Waals surface area (Å²) in [6.07, 6.45) is 6.24. The molecule has 0 unspecified atom stereocenters. The van der Waals surface area contributed by atoms with Crippen LogP contribution in [0.15, 0.2) is 35.6 Å². The largest absolute Gasteiger partial charge is 0.0991 e. The molecule has 0 atom stereocenters. The van der Waals surface area contributed by atoms with Gasteiger partial charge in [0.1, 0.15) is 0 Å². The van der Waals surface area contributed by atoms with Gasteiger partial charge in [0.15, 0.2) is 0 Å². The fourth-order valence-corrected chi connectivity index (χ4v) is 1.56. The molecule has 0 aromatic heterocycles. The highest BCUT2D eigenvalue weighted by molar-refractivity contribution is 8.06. The van der Waals surface area contributed by atoms with Gasteiger partial charge in [-0.15, -0.1) is 0 Å². The second kappa shape index (κ2) is 8.18. The molecule has 0 saturated carbocycles. The Hall–Kier alpha value is -0.430. The maximum Gasteiger partial charge on any atom is 0.00698 e. The molecule has 74 valence electrons. The molecule has 0 nitrogen and oxygen atoms in total. The van der Waals surface area contributed by atoms with E-state index in [0.717, 1.165) is 11.3 Å². The van der Waals surface area contributed by atoms with Crippen molar-refractivity contribution >= 4 is 11.8 Å². The zero-order valence-electron chi connectivity index (χ0n) is 8.64. The average molecular weight is 196 g/mol. The molecular weight excluding hydrogens is 176 g/mol. The number of allylic oxidation sites excluding steroid dienone is 1. The lowest BCUT2D eigenvalue weighted by atomic mass is 10.1. The van der Waals surface area contributed by atoms with Gasteiger partial charge in [-0.1, -0.05) is 57.7 Å². The van der Waals surface area contributed by atoms with E-state index in [0.29, 0.717) is 0 Å². The Balaban J connectivity index is 3.50. The minimum absolute atomic E-state index is 1.06. The van der Waals surface area contributed by atoms with E-state index in [9.17, 15) is 0 Å². The predicted octanol–water partition coefficient (Wildman–Crippen LogP) is 4.90. The number of thioether (sulfide) groups is 1. The molecule has 0 aliphatic carbocycles. The van der Waals surface area contributed by atoms with Crippen molar-refractivity contribution in [2.24, 2.45) is 0 Å². The topological polar surface area (TPSA) is 0 Å². The fraction of sp³-hybridized carbons (Fsp3) is 0.500. The van der Waals surface area contributed by atoms with Gasteiger partial charge in [-0.2, -0.15) is 0 Å². The van der Waals surface area contributed by atoms with Crippen molar-refractivity contribution in [3.8, 4) is 0 Å². The molecular formula is C12H20S. The molecule has 0 aliphatic heterocycles. The zero-order valence-corrected chi connectivity index (χ0v) is 9.46. The first-order chi connectivity index (χ1) is 6.22. The number of unbranched alkanes of at least 4 members (excludes halogenated alkanes) is 3. The van der Waals surface area contributed by atoms with Crippen molar-refractivity contribution in [1.29, 1.82) is 0 Å².